The highest BCUT2D eigenvalue weighted by molar-refractivity contribution is 7.98. The fourth-order valence-electron chi connectivity index (χ4n) is 2.63. The minimum absolute atomic E-state index is 0.199. The third kappa shape index (κ3) is 4.57. The van der Waals surface area contributed by atoms with Crippen molar-refractivity contribution < 1.29 is 9.53 Å². The highest BCUT2D eigenvalue weighted by atomic mass is 32.2. The Kier molecular flexibility index (Phi) is 5.62. The van der Waals surface area contributed by atoms with Gasteiger partial charge in [0, 0.05) is 23.7 Å². The Hall–Kier alpha value is -1.36. The van der Waals surface area contributed by atoms with Crippen molar-refractivity contribution >= 4 is 23.5 Å². The number of benzene rings is 1. The largest absolute Gasteiger partial charge is 0.444 e. The Morgan fingerprint density at radius 3 is 2.82 bits per heavy atom. The normalized spacial score (nSPS) is 18.4. The maximum atomic E-state index is 12.3. The topological polar surface area (TPSA) is 41.6 Å². The van der Waals surface area contributed by atoms with Crippen molar-refractivity contribution in [2.75, 3.05) is 24.7 Å². The number of amides is 1. The van der Waals surface area contributed by atoms with E-state index in [1.54, 1.807) is 11.8 Å². The van der Waals surface area contributed by atoms with E-state index in [0.717, 1.165) is 31.6 Å². The molecule has 22 heavy (non-hydrogen) atoms. The van der Waals surface area contributed by atoms with Crippen LogP contribution in [0.4, 0.5) is 10.5 Å². The van der Waals surface area contributed by atoms with Gasteiger partial charge in [-0.2, -0.15) is 0 Å². The van der Waals surface area contributed by atoms with Crippen molar-refractivity contribution in [1.82, 2.24) is 4.90 Å². The summed E-state index contributed by atoms with van der Waals surface area (Å²) in [6, 6.07) is 8.46. The van der Waals surface area contributed by atoms with E-state index >= 15 is 0 Å². The number of para-hydroxylation sites is 1. The Morgan fingerprint density at radius 2 is 2.14 bits per heavy atom. The zero-order valence-electron chi connectivity index (χ0n) is 13.9. The summed E-state index contributed by atoms with van der Waals surface area (Å²) in [6.07, 6.45) is 3.93. The van der Waals surface area contributed by atoms with E-state index in [2.05, 4.69) is 23.7 Å². The lowest BCUT2D eigenvalue weighted by molar-refractivity contribution is 0.0235. The van der Waals surface area contributed by atoms with Crippen LogP contribution in [0, 0.1) is 0 Å². The molecule has 0 aromatic heterocycles. The van der Waals surface area contributed by atoms with Gasteiger partial charge in [0.1, 0.15) is 5.60 Å². The van der Waals surface area contributed by atoms with Crippen LogP contribution in [0.25, 0.3) is 0 Å². The second-order valence-corrected chi connectivity index (χ2v) is 7.40. The van der Waals surface area contributed by atoms with Gasteiger partial charge < -0.3 is 15.0 Å². The number of nitrogens with one attached hydrogen (secondary N) is 1. The van der Waals surface area contributed by atoms with Gasteiger partial charge in [0.2, 0.25) is 0 Å². The molecule has 1 aromatic rings. The number of nitrogens with zero attached hydrogens (tertiary/aromatic N) is 1. The van der Waals surface area contributed by atoms with E-state index in [0.29, 0.717) is 0 Å². The van der Waals surface area contributed by atoms with E-state index in [1.165, 1.54) is 4.90 Å². The molecule has 1 saturated heterocycles. The number of anilines is 1. The smallest absolute Gasteiger partial charge is 0.410 e. The van der Waals surface area contributed by atoms with Crippen LogP contribution in [-0.2, 0) is 4.74 Å². The lowest BCUT2D eigenvalue weighted by Gasteiger charge is -2.29. The fraction of sp³-hybridized carbons (Fsp3) is 0.588. The molecule has 1 fully saturated rings. The summed E-state index contributed by atoms with van der Waals surface area (Å²) in [4.78, 5) is 15.4. The zero-order valence-corrected chi connectivity index (χ0v) is 14.7. The molecule has 1 atom stereocenters. The molecule has 0 saturated carbocycles. The van der Waals surface area contributed by atoms with E-state index in [4.69, 9.17) is 4.74 Å². The first-order valence-electron chi connectivity index (χ1n) is 7.77. The quantitative estimate of drug-likeness (QED) is 0.843. The van der Waals surface area contributed by atoms with Gasteiger partial charge in [-0.05, 0) is 52.0 Å². The maximum Gasteiger partial charge on any atom is 0.410 e. The fourth-order valence-corrected chi connectivity index (χ4v) is 3.20. The second-order valence-electron chi connectivity index (χ2n) is 6.55. The average molecular weight is 322 g/mol. The second kappa shape index (κ2) is 7.27. The molecule has 1 N–H and O–H groups in total. The van der Waals surface area contributed by atoms with Gasteiger partial charge in [-0.15, -0.1) is 11.8 Å². The predicted octanol–water partition coefficient (Wildman–Crippen LogP) is 4.22. The van der Waals surface area contributed by atoms with E-state index in [9.17, 15) is 4.79 Å². The molecule has 0 spiro atoms. The van der Waals surface area contributed by atoms with Crippen molar-refractivity contribution in [1.29, 1.82) is 0 Å². The highest BCUT2D eigenvalue weighted by Crippen LogP contribution is 2.26. The molecule has 0 bridgehead atoms. The summed E-state index contributed by atoms with van der Waals surface area (Å²) < 4.78 is 5.50. The predicted molar refractivity (Wildman–Crippen MR) is 92.7 cm³/mol. The lowest BCUT2D eigenvalue weighted by atomic mass is 10.2. The molecule has 2 rings (SSSR count). The van der Waals surface area contributed by atoms with Crippen LogP contribution in [-0.4, -0.2) is 42.0 Å². The van der Waals surface area contributed by atoms with Crippen LogP contribution in [0.1, 0.15) is 33.6 Å². The van der Waals surface area contributed by atoms with Gasteiger partial charge in [0.05, 0.1) is 6.04 Å². The van der Waals surface area contributed by atoms with Crippen molar-refractivity contribution in [2.24, 2.45) is 0 Å². The number of carbonyl (C=O) groups is 1. The Bertz CT molecular complexity index is 514. The standard InChI is InChI=1S/C17H26N2O2S/c1-17(2,3)21-16(20)19-11-7-8-13(19)12-18-14-9-5-6-10-15(14)22-4/h5-6,9-10,13,18H,7-8,11-12H2,1-4H3. The van der Waals surface area contributed by atoms with Gasteiger partial charge in [-0.25, -0.2) is 4.79 Å². The number of carbonyl (C=O) groups excluding carboxylic acids is 1. The third-order valence-electron chi connectivity index (χ3n) is 3.64. The van der Waals surface area contributed by atoms with Crippen LogP contribution in [0.2, 0.25) is 0 Å². The minimum atomic E-state index is -0.441. The minimum Gasteiger partial charge on any atom is -0.444 e. The van der Waals surface area contributed by atoms with Crippen LogP contribution < -0.4 is 5.32 Å². The molecule has 5 heteroatoms. The average Bonchev–Trinajstić information content (AvgIpc) is 2.92. The molecule has 0 aliphatic carbocycles. The molecule has 1 aliphatic heterocycles. The van der Waals surface area contributed by atoms with Crippen LogP contribution in [0.3, 0.4) is 0 Å². The molecule has 4 nitrogen and oxygen atoms in total. The summed E-state index contributed by atoms with van der Waals surface area (Å²) in [7, 11) is 0. The number of rotatable bonds is 4. The van der Waals surface area contributed by atoms with Gasteiger partial charge in [0.15, 0.2) is 0 Å². The van der Waals surface area contributed by atoms with Crippen LogP contribution >= 0.6 is 11.8 Å². The van der Waals surface area contributed by atoms with Crippen molar-refractivity contribution in [2.45, 2.75) is 50.2 Å². The molecular weight excluding hydrogens is 296 g/mol. The van der Waals surface area contributed by atoms with Crippen molar-refractivity contribution in [3.05, 3.63) is 24.3 Å². The number of hydrogen-bond donors (Lipinski definition) is 1. The van der Waals surface area contributed by atoms with Gasteiger partial charge in [-0.3, -0.25) is 0 Å². The molecule has 122 valence electrons. The van der Waals surface area contributed by atoms with Crippen molar-refractivity contribution in [3.63, 3.8) is 0 Å². The Labute approximate surface area is 137 Å². The molecule has 1 heterocycles. The first kappa shape index (κ1) is 17.0. The van der Waals surface area contributed by atoms with Gasteiger partial charge in [0.25, 0.3) is 0 Å². The number of ether oxygens (including phenoxy) is 1. The monoisotopic (exact) mass is 322 g/mol. The van der Waals surface area contributed by atoms with Crippen molar-refractivity contribution in [3.8, 4) is 0 Å². The molecule has 1 aliphatic rings. The summed E-state index contributed by atoms with van der Waals surface area (Å²) in [5.41, 5.74) is 0.689. The van der Waals surface area contributed by atoms with Gasteiger partial charge in [-0.1, -0.05) is 12.1 Å². The maximum absolute atomic E-state index is 12.3. The first-order chi connectivity index (χ1) is 10.4. The van der Waals surface area contributed by atoms with E-state index < -0.39 is 5.60 Å². The van der Waals surface area contributed by atoms with E-state index in [-0.39, 0.29) is 12.1 Å². The number of hydrogen-bond acceptors (Lipinski definition) is 4. The Balaban J connectivity index is 1.95. The molecule has 0 radical (unpaired) electrons. The summed E-state index contributed by atoms with van der Waals surface area (Å²) in [5.74, 6) is 0. The van der Waals surface area contributed by atoms with Gasteiger partial charge >= 0.3 is 6.09 Å². The number of thioether (sulfide) groups is 1. The summed E-state index contributed by atoms with van der Waals surface area (Å²) in [5, 5.41) is 3.48. The lowest BCUT2D eigenvalue weighted by Crippen LogP contribution is -2.42. The Morgan fingerprint density at radius 1 is 1.41 bits per heavy atom. The molecule has 1 aromatic carbocycles. The molecule has 1 unspecified atom stereocenters. The van der Waals surface area contributed by atoms with Crippen LogP contribution in [0.5, 0.6) is 0 Å². The number of likely N-dealkylation sites (tertiary alicyclic amines) is 1. The van der Waals surface area contributed by atoms with E-state index in [1.807, 2.05) is 37.8 Å². The first-order valence-corrected chi connectivity index (χ1v) is 8.99. The highest BCUT2D eigenvalue weighted by Gasteiger charge is 2.31. The molecule has 1 amide bonds. The molecular formula is C17H26N2O2S. The zero-order chi connectivity index (χ0) is 16.2. The SMILES string of the molecule is CSc1ccccc1NCC1CCCN1C(=O)OC(C)(C)C. The summed E-state index contributed by atoms with van der Waals surface area (Å²) in [6.45, 7) is 7.26. The third-order valence-corrected chi connectivity index (χ3v) is 4.44. The summed E-state index contributed by atoms with van der Waals surface area (Å²) >= 11 is 1.73. The van der Waals surface area contributed by atoms with Crippen LogP contribution in [0.15, 0.2) is 29.2 Å².